The first-order valence-corrected chi connectivity index (χ1v) is 3.46. The zero-order valence-electron chi connectivity index (χ0n) is 6.67. The van der Waals surface area contributed by atoms with E-state index >= 15 is 0 Å². The van der Waals surface area contributed by atoms with Gasteiger partial charge in [-0.05, 0) is 26.7 Å². The largest absolute Gasteiger partial charge is 0.393 e. The smallest absolute Gasteiger partial charge is 0.0592 e. The number of aliphatic hydroxyl groups is 2. The second-order valence-corrected chi connectivity index (χ2v) is 3.09. The Labute approximate surface area is 61.6 Å². The Morgan fingerprint density at radius 3 is 1.40 bits per heavy atom. The minimum atomic E-state index is -0.350. The molecule has 0 aromatic rings. The summed E-state index contributed by atoms with van der Waals surface area (Å²) in [5.41, 5.74) is -0.139. The van der Waals surface area contributed by atoms with Gasteiger partial charge in [-0.3, -0.25) is 0 Å². The van der Waals surface area contributed by atoms with Crippen molar-refractivity contribution in [2.45, 2.75) is 38.9 Å². The summed E-state index contributed by atoms with van der Waals surface area (Å²) >= 11 is 0. The van der Waals surface area contributed by atoms with Crippen molar-refractivity contribution in [3.8, 4) is 0 Å². The summed E-state index contributed by atoms with van der Waals surface area (Å²) in [6.07, 6.45) is 1.25. The molecule has 0 radical (unpaired) electrons. The topological polar surface area (TPSA) is 75.5 Å². The van der Waals surface area contributed by atoms with Crippen molar-refractivity contribution in [1.29, 1.82) is 0 Å². The first kappa shape index (κ1) is 9.88. The summed E-state index contributed by atoms with van der Waals surface area (Å²) in [5.74, 6) is 0. The molecule has 0 aromatic heterocycles. The van der Waals surface area contributed by atoms with Crippen molar-refractivity contribution >= 4 is 0 Å². The fraction of sp³-hybridized carbons (Fsp3) is 1.00. The van der Waals surface area contributed by atoms with Crippen LogP contribution in [0.4, 0.5) is 0 Å². The van der Waals surface area contributed by atoms with Gasteiger partial charge >= 0.3 is 0 Å². The zero-order chi connectivity index (χ0) is 7.07. The van der Waals surface area contributed by atoms with Gasteiger partial charge in [-0.1, -0.05) is 0 Å². The normalized spacial score (nSPS) is 26.4. The average molecular weight is 147 g/mol. The van der Waals surface area contributed by atoms with E-state index in [4.69, 9.17) is 10.2 Å². The van der Waals surface area contributed by atoms with E-state index in [9.17, 15) is 0 Å². The van der Waals surface area contributed by atoms with Gasteiger partial charge < -0.3 is 16.4 Å². The van der Waals surface area contributed by atoms with Gasteiger partial charge in [0.25, 0.3) is 0 Å². The molecule has 0 amide bonds. The Morgan fingerprint density at radius 1 is 1.10 bits per heavy atom. The average Bonchev–Trinajstić information content (AvgIpc) is 2.40. The van der Waals surface area contributed by atoms with Crippen LogP contribution in [0.5, 0.6) is 0 Å². The van der Waals surface area contributed by atoms with Crippen LogP contribution in [0, 0.1) is 5.41 Å². The number of hydrogen-bond acceptors (Lipinski definition) is 3. The van der Waals surface area contributed by atoms with E-state index in [1.165, 1.54) is 0 Å². The van der Waals surface area contributed by atoms with E-state index in [2.05, 4.69) is 0 Å². The Kier molecular flexibility index (Phi) is 2.83. The Hall–Kier alpha value is -0.120. The highest BCUT2D eigenvalue weighted by atomic mass is 16.3. The summed E-state index contributed by atoms with van der Waals surface area (Å²) in [6, 6.07) is 0. The van der Waals surface area contributed by atoms with E-state index < -0.39 is 0 Å². The molecule has 0 spiro atoms. The fourth-order valence-electron chi connectivity index (χ4n) is 1.33. The Morgan fingerprint density at radius 2 is 1.40 bits per heavy atom. The first-order valence-electron chi connectivity index (χ1n) is 3.46. The maximum Gasteiger partial charge on any atom is 0.0592 e. The van der Waals surface area contributed by atoms with Gasteiger partial charge in [0, 0.05) is 5.41 Å². The van der Waals surface area contributed by atoms with E-state index in [0.29, 0.717) is 0 Å². The quantitative estimate of drug-likeness (QED) is 0.538. The molecule has 1 rings (SSSR count). The van der Waals surface area contributed by atoms with Gasteiger partial charge in [0.1, 0.15) is 0 Å². The minimum Gasteiger partial charge on any atom is -0.393 e. The molecule has 1 aliphatic rings. The molecule has 10 heavy (non-hydrogen) atoms. The molecule has 0 bridgehead atoms. The number of rotatable bonds is 2. The molecule has 5 N–H and O–H groups in total. The van der Waals surface area contributed by atoms with Gasteiger partial charge in [-0.15, -0.1) is 0 Å². The van der Waals surface area contributed by atoms with Crippen LogP contribution in [0.3, 0.4) is 0 Å². The molecule has 62 valence electrons. The van der Waals surface area contributed by atoms with Crippen LogP contribution in [-0.4, -0.2) is 22.4 Å². The predicted molar refractivity (Wildman–Crippen MR) is 40.1 cm³/mol. The first-order chi connectivity index (χ1) is 4.09. The summed E-state index contributed by atoms with van der Waals surface area (Å²) in [7, 11) is 0. The lowest BCUT2D eigenvalue weighted by molar-refractivity contribution is 0.0143. The highest BCUT2D eigenvalue weighted by Gasteiger charge is 2.50. The van der Waals surface area contributed by atoms with Gasteiger partial charge in [-0.25, -0.2) is 0 Å². The van der Waals surface area contributed by atoms with Gasteiger partial charge in [0.05, 0.1) is 12.2 Å². The third-order valence-corrected chi connectivity index (χ3v) is 2.49. The highest BCUT2D eigenvalue weighted by Crippen LogP contribution is 2.51. The molecular formula is C7H17NO2. The lowest BCUT2D eigenvalue weighted by Gasteiger charge is -2.21. The highest BCUT2D eigenvalue weighted by molar-refractivity contribution is 5.00. The molecule has 1 aliphatic carbocycles. The van der Waals surface area contributed by atoms with Gasteiger partial charge in [-0.2, -0.15) is 0 Å². The molecule has 0 aromatic carbocycles. The number of hydrogen-bond donors (Lipinski definition) is 3. The summed E-state index contributed by atoms with van der Waals surface area (Å²) in [6.45, 7) is 3.50. The van der Waals surface area contributed by atoms with Crippen LogP contribution in [-0.2, 0) is 0 Å². The lowest BCUT2D eigenvalue weighted by Crippen LogP contribution is -2.29. The summed E-state index contributed by atoms with van der Waals surface area (Å²) in [5, 5.41) is 18.3. The molecule has 1 saturated carbocycles. The van der Waals surface area contributed by atoms with Crippen LogP contribution < -0.4 is 6.15 Å². The van der Waals surface area contributed by atoms with Gasteiger partial charge in [0.15, 0.2) is 0 Å². The van der Waals surface area contributed by atoms with Crippen LogP contribution >= 0.6 is 0 Å². The molecule has 2 atom stereocenters. The number of aliphatic hydroxyl groups excluding tert-OH is 2. The standard InChI is InChI=1S/C7H14O2.H3N/c1-5(8)7(3-4-7)6(2)9;/h5-6,8-9H,3-4H2,1-2H3;1H3. The monoisotopic (exact) mass is 147 g/mol. The second-order valence-electron chi connectivity index (χ2n) is 3.09. The SMILES string of the molecule is CC(O)C1(C(C)O)CC1.N. The zero-order valence-corrected chi connectivity index (χ0v) is 6.67. The maximum absolute atomic E-state index is 9.15. The molecule has 1 fully saturated rings. The summed E-state index contributed by atoms with van der Waals surface area (Å²) < 4.78 is 0. The molecule has 0 aliphatic heterocycles. The molecule has 2 unspecified atom stereocenters. The molecule has 3 nitrogen and oxygen atoms in total. The van der Waals surface area contributed by atoms with Crippen molar-refractivity contribution in [3.63, 3.8) is 0 Å². The Bertz CT molecular complexity index is 98.2. The van der Waals surface area contributed by atoms with Crippen LogP contribution in [0.1, 0.15) is 26.7 Å². The van der Waals surface area contributed by atoms with Crippen LogP contribution in [0.2, 0.25) is 0 Å². The van der Waals surface area contributed by atoms with Crippen molar-refractivity contribution < 1.29 is 10.2 Å². The predicted octanol–water partition coefficient (Wildman–Crippen LogP) is 0.690. The van der Waals surface area contributed by atoms with Crippen molar-refractivity contribution in [2.75, 3.05) is 0 Å². The van der Waals surface area contributed by atoms with E-state index in [0.717, 1.165) is 12.8 Å². The maximum atomic E-state index is 9.15. The van der Waals surface area contributed by atoms with E-state index in [-0.39, 0.29) is 23.8 Å². The molecule has 0 saturated heterocycles. The Balaban J connectivity index is 0.000000810. The lowest BCUT2D eigenvalue weighted by atomic mass is 9.95. The van der Waals surface area contributed by atoms with E-state index in [1.54, 1.807) is 13.8 Å². The van der Waals surface area contributed by atoms with Crippen molar-refractivity contribution in [1.82, 2.24) is 6.15 Å². The third kappa shape index (κ3) is 1.31. The summed E-state index contributed by atoms with van der Waals surface area (Å²) in [4.78, 5) is 0. The second kappa shape index (κ2) is 2.86. The van der Waals surface area contributed by atoms with Crippen molar-refractivity contribution in [2.24, 2.45) is 5.41 Å². The van der Waals surface area contributed by atoms with Crippen LogP contribution in [0.25, 0.3) is 0 Å². The molecular weight excluding hydrogens is 130 g/mol. The fourth-order valence-corrected chi connectivity index (χ4v) is 1.33. The van der Waals surface area contributed by atoms with Crippen molar-refractivity contribution in [3.05, 3.63) is 0 Å². The molecule has 3 heteroatoms. The van der Waals surface area contributed by atoms with Gasteiger partial charge in [0.2, 0.25) is 0 Å². The van der Waals surface area contributed by atoms with Crippen LogP contribution in [0.15, 0.2) is 0 Å². The molecule has 0 heterocycles. The third-order valence-electron chi connectivity index (χ3n) is 2.49. The van der Waals surface area contributed by atoms with E-state index in [1.807, 2.05) is 0 Å². The minimum absolute atomic E-state index is 0.